The number of benzene rings is 2. The number of carboxylic acids is 1. The summed E-state index contributed by atoms with van der Waals surface area (Å²) in [5.41, 5.74) is 0.524. The van der Waals surface area contributed by atoms with Gasteiger partial charge in [-0.05, 0) is 55.0 Å². The van der Waals surface area contributed by atoms with Crippen molar-refractivity contribution in [2.75, 3.05) is 11.5 Å². The highest BCUT2D eigenvalue weighted by Gasteiger charge is 2.36. The molecule has 0 aromatic heterocycles. The lowest BCUT2D eigenvalue weighted by Gasteiger charge is -2.26. The van der Waals surface area contributed by atoms with E-state index in [1.165, 1.54) is 30.3 Å². The highest BCUT2D eigenvalue weighted by molar-refractivity contribution is 6.39. The molecule has 0 unspecified atom stereocenters. The molecule has 0 spiro atoms. The molecule has 0 aliphatic carbocycles. The number of urea groups is 1. The minimum Gasteiger partial charge on any atom is -0.494 e. The van der Waals surface area contributed by atoms with E-state index in [2.05, 4.69) is 5.32 Å². The summed E-state index contributed by atoms with van der Waals surface area (Å²) in [5, 5.41) is 11.1. The Balaban J connectivity index is 1.92. The summed E-state index contributed by atoms with van der Waals surface area (Å²) in [6.07, 6.45) is 1.37. The Morgan fingerprint density at radius 2 is 1.71 bits per heavy atom. The lowest BCUT2D eigenvalue weighted by molar-refractivity contribution is -0.122. The van der Waals surface area contributed by atoms with Crippen LogP contribution >= 0.6 is 0 Å². The number of carboxylic acid groups (broad SMARTS) is 1. The molecule has 0 atom stereocenters. The van der Waals surface area contributed by atoms with E-state index >= 15 is 0 Å². The van der Waals surface area contributed by atoms with Crippen LogP contribution in [0.5, 0.6) is 5.75 Å². The molecule has 2 aromatic carbocycles. The number of carbonyl (C=O) groups is 4. The van der Waals surface area contributed by atoms with Crippen molar-refractivity contribution in [3.8, 4) is 5.75 Å². The van der Waals surface area contributed by atoms with Gasteiger partial charge in [0.05, 0.1) is 17.9 Å². The zero-order valence-electron chi connectivity index (χ0n) is 14.8. The Hall–Kier alpha value is -3.94. The first-order chi connectivity index (χ1) is 13.4. The first-order valence-electron chi connectivity index (χ1n) is 8.38. The Morgan fingerprint density at radius 3 is 2.29 bits per heavy atom. The van der Waals surface area contributed by atoms with Crippen LogP contribution in [0.3, 0.4) is 0 Å². The Bertz CT molecular complexity index is 977. The van der Waals surface area contributed by atoms with Crippen LogP contribution in [0.15, 0.2) is 54.1 Å². The molecule has 0 radical (unpaired) electrons. The topological polar surface area (TPSA) is 113 Å². The second-order valence-electron chi connectivity index (χ2n) is 5.81. The fourth-order valence-electron chi connectivity index (χ4n) is 2.64. The number of hydrogen-bond acceptors (Lipinski definition) is 5. The third-order valence-electron chi connectivity index (χ3n) is 3.98. The van der Waals surface area contributed by atoms with Gasteiger partial charge in [-0.2, -0.15) is 0 Å². The van der Waals surface area contributed by atoms with E-state index in [4.69, 9.17) is 9.84 Å². The van der Waals surface area contributed by atoms with Crippen LogP contribution in [0.25, 0.3) is 6.08 Å². The predicted octanol–water partition coefficient (Wildman–Crippen LogP) is 2.45. The van der Waals surface area contributed by atoms with E-state index in [1.807, 2.05) is 6.92 Å². The van der Waals surface area contributed by atoms with E-state index in [9.17, 15) is 19.2 Å². The fourth-order valence-corrected chi connectivity index (χ4v) is 2.64. The fraction of sp³-hybridized carbons (Fsp3) is 0.100. The monoisotopic (exact) mass is 380 g/mol. The number of ether oxygens (including phenoxy) is 1. The normalized spacial score (nSPS) is 15.5. The summed E-state index contributed by atoms with van der Waals surface area (Å²) >= 11 is 0. The zero-order valence-corrected chi connectivity index (χ0v) is 14.8. The van der Waals surface area contributed by atoms with Crippen molar-refractivity contribution in [3.05, 3.63) is 65.2 Å². The van der Waals surface area contributed by atoms with Crippen LogP contribution in [0.4, 0.5) is 10.5 Å². The quantitative estimate of drug-likeness (QED) is 0.609. The van der Waals surface area contributed by atoms with Gasteiger partial charge in [-0.1, -0.05) is 12.1 Å². The number of carbonyl (C=O) groups excluding carboxylic acids is 3. The molecular weight excluding hydrogens is 364 g/mol. The maximum Gasteiger partial charge on any atom is 0.335 e. The van der Waals surface area contributed by atoms with E-state index < -0.39 is 23.8 Å². The number of amides is 4. The summed E-state index contributed by atoms with van der Waals surface area (Å²) in [4.78, 5) is 48.8. The van der Waals surface area contributed by atoms with Crippen LogP contribution in [0.2, 0.25) is 0 Å². The largest absolute Gasteiger partial charge is 0.494 e. The van der Waals surface area contributed by atoms with Crippen molar-refractivity contribution in [2.24, 2.45) is 0 Å². The molecule has 1 heterocycles. The van der Waals surface area contributed by atoms with Crippen LogP contribution in [-0.2, 0) is 9.59 Å². The average Bonchev–Trinajstić information content (AvgIpc) is 2.67. The molecule has 1 aliphatic rings. The van der Waals surface area contributed by atoms with Crippen molar-refractivity contribution in [1.82, 2.24) is 5.32 Å². The van der Waals surface area contributed by atoms with E-state index in [0.717, 1.165) is 4.90 Å². The third-order valence-corrected chi connectivity index (χ3v) is 3.98. The first-order valence-corrected chi connectivity index (χ1v) is 8.38. The number of barbiturate groups is 1. The number of anilines is 1. The minimum atomic E-state index is -1.13. The van der Waals surface area contributed by atoms with Crippen LogP contribution < -0.4 is 15.0 Å². The van der Waals surface area contributed by atoms with Crippen LogP contribution in [0, 0.1) is 0 Å². The molecule has 2 aromatic rings. The summed E-state index contributed by atoms with van der Waals surface area (Å²) < 4.78 is 5.35. The van der Waals surface area contributed by atoms with Gasteiger partial charge in [0.15, 0.2) is 0 Å². The Labute approximate surface area is 160 Å². The summed E-state index contributed by atoms with van der Waals surface area (Å²) in [5.74, 6) is -2.08. The lowest BCUT2D eigenvalue weighted by atomic mass is 10.1. The molecule has 8 heteroatoms. The zero-order chi connectivity index (χ0) is 20.3. The van der Waals surface area contributed by atoms with E-state index in [-0.39, 0.29) is 16.8 Å². The SMILES string of the molecule is CCOc1ccc(/C=C2\C(=O)NC(=O)N(c3ccc(C(=O)O)cc3)C2=O)cc1. The molecule has 3 rings (SSSR count). The molecule has 142 valence electrons. The molecule has 2 N–H and O–H groups in total. The lowest BCUT2D eigenvalue weighted by Crippen LogP contribution is -2.54. The molecular formula is C20H16N2O6. The summed E-state index contributed by atoms with van der Waals surface area (Å²) in [7, 11) is 0. The van der Waals surface area contributed by atoms with Crippen molar-refractivity contribution in [3.63, 3.8) is 0 Å². The molecule has 0 bridgehead atoms. The van der Waals surface area contributed by atoms with Gasteiger partial charge in [0.2, 0.25) is 0 Å². The van der Waals surface area contributed by atoms with Crippen LogP contribution in [-0.4, -0.2) is 35.5 Å². The molecule has 1 fully saturated rings. The van der Waals surface area contributed by atoms with Gasteiger partial charge in [-0.3, -0.25) is 14.9 Å². The van der Waals surface area contributed by atoms with Gasteiger partial charge < -0.3 is 9.84 Å². The van der Waals surface area contributed by atoms with E-state index in [0.29, 0.717) is 17.9 Å². The van der Waals surface area contributed by atoms with Gasteiger partial charge >= 0.3 is 12.0 Å². The highest BCUT2D eigenvalue weighted by Crippen LogP contribution is 2.23. The number of rotatable bonds is 5. The van der Waals surface area contributed by atoms with E-state index in [1.54, 1.807) is 24.3 Å². The van der Waals surface area contributed by atoms with Gasteiger partial charge in [-0.25, -0.2) is 14.5 Å². The summed E-state index contributed by atoms with van der Waals surface area (Å²) in [6, 6.07) is 11.1. The number of imide groups is 2. The van der Waals surface area contributed by atoms with Crippen molar-refractivity contribution in [2.45, 2.75) is 6.92 Å². The Kier molecular flexibility index (Phi) is 5.21. The molecule has 4 amide bonds. The first kappa shape index (κ1) is 18.8. The molecule has 0 saturated carbocycles. The summed E-state index contributed by atoms with van der Waals surface area (Å²) in [6.45, 7) is 2.37. The second kappa shape index (κ2) is 7.75. The average molecular weight is 380 g/mol. The van der Waals surface area contributed by atoms with Crippen LogP contribution in [0.1, 0.15) is 22.8 Å². The van der Waals surface area contributed by atoms with Crippen molar-refractivity contribution >= 4 is 35.6 Å². The molecule has 1 saturated heterocycles. The predicted molar refractivity (Wildman–Crippen MR) is 100 cm³/mol. The highest BCUT2D eigenvalue weighted by atomic mass is 16.5. The van der Waals surface area contributed by atoms with Crippen molar-refractivity contribution < 1.29 is 29.0 Å². The number of nitrogens with one attached hydrogen (secondary N) is 1. The minimum absolute atomic E-state index is 0.00912. The maximum atomic E-state index is 12.8. The second-order valence-corrected chi connectivity index (χ2v) is 5.81. The molecule has 8 nitrogen and oxygen atoms in total. The number of hydrogen-bond donors (Lipinski definition) is 2. The number of aromatic carboxylic acids is 1. The van der Waals surface area contributed by atoms with Gasteiger partial charge in [0.25, 0.3) is 11.8 Å². The Morgan fingerprint density at radius 1 is 1.07 bits per heavy atom. The maximum absolute atomic E-state index is 12.8. The third kappa shape index (κ3) is 3.75. The smallest absolute Gasteiger partial charge is 0.335 e. The molecule has 28 heavy (non-hydrogen) atoms. The standard InChI is InChI=1S/C20H16N2O6/c1-2-28-15-9-3-12(4-10-15)11-16-17(23)21-20(27)22(18(16)24)14-7-5-13(6-8-14)19(25)26/h3-11H,2H2,1H3,(H,25,26)(H,21,23,27)/b16-11+. The number of nitrogens with zero attached hydrogens (tertiary/aromatic N) is 1. The van der Waals surface area contributed by atoms with Gasteiger partial charge in [0, 0.05) is 0 Å². The molecule has 1 aliphatic heterocycles. The van der Waals surface area contributed by atoms with Gasteiger partial charge in [0.1, 0.15) is 11.3 Å². The van der Waals surface area contributed by atoms with Crippen molar-refractivity contribution in [1.29, 1.82) is 0 Å². The van der Waals surface area contributed by atoms with Gasteiger partial charge in [-0.15, -0.1) is 0 Å².